The Bertz CT molecular complexity index is 146. The van der Waals surface area contributed by atoms with E-state index >= 15 is 0 Å². The molecule has 1 N–H and O–H groups in total. The van der Waals surface area contributed by atoms with Gasteiger partial charge in [-0.05, 0) is 6.92 Å². The van der Waals surface area contributed by atoms with Gasteiger partial charge in [-0.25, -0.2) is 9.80 Å². The van der Waals surface area contributed by atoms with Crippen molar-refractivity contribution in [2.24, 2.45) is 0 Å². The Morgan fingerprint density at radius 1 is 1.58 bits per heavy atom. The first-order valence-electron chi connectivity index (χ1n) is 4.09. The van der Waals surface area contributed by atoms with Gasteiger partial charge in [0.25, 0.3) is 0 Å². The van der Waals surface area contributed by atoms with Crippen LogP contribution in [0.4, 0.5) is 4.79 Å². The third-order valence-corrected chi connectivity index (χ3v) is 1.54. The Kier molecular flexibility index (Phi) is 3.83. The maximum Gasteiger partial charge on any atom is 0.421 e. The molecule has 1 fully saturated rings. The van der Waals surface area contributed by atoms with E-state index in [1.165, 1.54) is 0 Å². The molecule has 0 unspecified atom stereocenters. The highest BCUT2D eigenvalue weighted by Gasteiger charge is 2.12. The highest BCUT2D eigenvalue weighted by molar-refractivity contribution is 5.66. The second-order valence-electron chi connectivity index (χ2n) is 2.43. The molecule has 5 nitrogen and oxygen atoms in total. The number of hydrogen-bond acceptors (Lipinski definition) is 4. The highest BCUT2D eigenvalue weighted by Crippen LogP contribution is 1.92. The van der Waals surface area contributed by atoms with E-state index in [1.807, 2.05) is 0 Å². The second-order valence-corrected chi connectivity index (χ2v) is 2.43. The number of carbonyl (C=O) groups excluding carboxylic acids is 1. The van der Waals surface area contributed by atoms with Crippen LogP contribution in [0.5, 0.6) is 0 Å². The Labute approximate surface area is 71.6 Å². The molecule has 12 heavy (non-hydrogen) atoms. The Morgan fingerprint density at radius 3 is 2.83 bits per heavy atom. The molecule has 1 rings (SSSR count). The van der Waals surface area contributed by atoms with E-state index in [9.17, 15) is 4.79 Å². The number of hydrogen-bond donors (Lipinski definition) is 1. The number of morpholine rings is 1. The van der Waals surface area contributed by atoms with E-state index in [-0.39, 0.29) is 6.09 Å². The van der Waals surface area contributed by atoms with E-state index < -0.39 is 0 Å². The zero-order valence-corrected chi connectivity index (χ0v) is 7.21. The van der Waals surface area contributed by atoms with Crippen LogP contribution in [-0.2, 0) is 9.47 Å². The van der Waals surface area contributed by atoms with Gasteiger partial charge in [0.05, 0.1) is 19.8 Å². The van der Waals surface area contributed by atoms with Gasteiger partial charge in [-0.15, -0.1) is 0 Å². The summed E-state index contributed by atoms with van der Waals surface area (Å²) in [7, 11) is 0. The molecule has 0 aromatic heterocycles. The van der Waals surface area contributed by atoms with E-state index in [2.05, 4.69) is 5.43 Å². The standard InChI is InChI=1S/C7H14N2O3/c1-2-12-7(10)8-9-3-5-11-6-4-9/h2-6H2,1H3,(H,8,10). The van der Waals surface area contributed by atoms with Crippen molar-refractivity contribution in [2.45, 2.75) is 6.92 Å². The quantitative estimate of drug-likeness (QED) is 0.639. The lowest BCUT2D eigenvalue weighted by Crippen LogP contribution is -2.48. The maximum atomic E-state index is 10.9. The number of ether oxygens (including phenoxy) is 2. The van der Waals surface area contributed by atoms with Crippen molar-refractivity contribution >= 4 is 6.09 Å². The normalized spacial score (nSPS) is 18.8. The predicted octanol–water partition coefficient (Wildman–Crippen LogP) is -0.0203. The highest BCUT2D eigenvalue weighted by atomic mass is 16.6. The average molecular weight is 174 g/mol. The molecule has 0 saturated carbocycles. The molecule has 1 aliphatic heterocycles. The Morgan fingerprint density at radius 2 is 2.25 bits per heavy atom. The minimum Gasteiger partial charge on any atom is -0.449 e. The molecule has 0 aromatic carbocycles. The number of nitrogens with zero attached hydrogens (tertiary/aromatic N) is 1. The molecule has 0 aromatic rings. The van der Waals surface area contributed by atoms with Crippen molar-refractivity contribution in [3.05, 3.63) is 0 Å². The topological polar surface area (TPSA) is 50.8 Å². The fraction of sp³-hybridized carbons (Fsp3) is 0.857. The summed E-state index contributed by atoms with van der Waals surface area (Å²) in [5, 5.41) is 1.79. The van der Waals surface area contributed by atoms with Crippen LogP contribution >= 0.6 is 0 Å². The smallest absolute Gasteiger partial charge is 0.421 e. The minimum atomic E-state index is -0.389. The molecule has 1 saturated heterocycles. The van der Waals surface area contributed by atoms with Gasteiger partial charge in [-0.1, -0.05) is 0 Å². The largest absolute Gasteiger partial charge is 0.449 e. The summed E-state index contributed by atoms with van der Waals surface area (Å²) in [6, 6.07) is 0. The van der Waals surface area contributed by atoms with Crippen LogP contribution in [0, 0.1) is 0 Å². The van der Waals surface area contributed by atoms with Gasteiger partial charge in [-0.3, -0.25) is 5.43 Å². The summed E-state index contributed by atoms with van der Waals surface area (Å²) < 4.78 is 9.82. The number of amides is 1. The molecule has 1 amide bonds. The molecular weight excluding hydrogens is 160 g/mol. The Hall–Kier alpha value is -0.810. The number of rotatable bonds is 2. The number of carbonyl (C=O) groups is 1. The summed E-state index contributed by atoms with van der Waals surface area (Å²) in [4.78, 5) is 10.9. The molecule has 0 aliphatic carbocycles. The lowest BCUT2D eigenvalue weighted by Gasteiger charge is -2.26. The van der Waals surface area contributed by atoms with Crippen LogP contribution in [0.15, 0.2) is 0 Å². The maximum absolute atomic E-state index is 10.9. The van der Waals surface area contributed by atoms with Gasteiger partial charge < -0.3 is 9.47 Å². The van der Waals surface area contributed by atoms with E-state index in [0.717, 1.165) is 13.1 Å². The average Bonchev–Trinajstić information content (AvgIpc) is 2.06. The van der Waals surface area contributed by atoms with E-state index in [0.29, 0.717) is 19.8 Å². The Balaban J connectivity index is 2.15. The third-order valence-electron chi connectivity index (χ3n) is 1.54. The van der Waals surface area contributed by atoms with Gasteiger partial charge >= 0.3 is 6.09 Å². The van der Waals surface area contributed by atoms with Crippen molar-refractivity contribution in [1.82, 2.24) is 10.4 Å². The molecule has 70 valence electrons. The summed E-state index contributed by atoms with van der Waals surface area (Å²) in [6.07, 6.45) is -0.389. The lowest BCUT2D eigenvalue weighted by atomic mass is 10.5. The van der Waals surface area contributed by atoms with Gasteiger partial charge in [-0.2, -0.15) is 0 Å². The lowest BCUT2D eigenvalue weighted by molar-refractivity contribution is 0.0105. The number of hydrazine groups is 1. The first kappa shape index (κ1) is 9.28. The summed E-state index contributed by atoms with van der Waals surface area (Å²) in [5.74, 6) is 0. The van der Waals surface area contributed by atoms with E-state index in [4.69, 9.17) is 9.47 Å². The second kappa shape index (κ2) is 4.95. The summed E-state index contributed by atoms with van der Waals surface area (Å²) in [6.45, 7) is 4.94. The van der Waals surface area contributed by atoms with Crippen molar-refractivity contribution < 1.29 is 14.3 Å². The van der Waals surface area contributed by atoms with Crippen LogP contribution < -0.4 is 5.43 Å². The van der Waals surface area contributed by atoms with Crippen LogP contribution in [0.25, 0.3) is 0 Å². The van der Waals surface area contributed by atoms with Gasteiger partial charge in [0.2, 0.25) is 0 Å². The monoisotopic (exact) mass is 174 g/mol. The minimum absolute atomic E-state index is 0.389. The first-order valence-corrected chi connectivity index (χ1v) is 4.09. The zero-order chi connectivity index (χ0) is 8.81. The molecule has 1 heterocycles. The fourth-order valence-corrected chi connectivity index (χ4v) is 0.968. The molecule has 0 spiro atoms. The molecule has 1 aliphatic rings. The SMILES string of the molecule is CCOC(=O)NN1CCOCC1. The van der Waals surface area contributed by atoms with Crippen LogP contribution in [0.1, 0.15) is 6.92 Å². The molecule has 0 radical (unpaired) electrons. The first-order chi connectivity index (χ1) is 5.83. The molecule has 5 heteroatoms. The van der Waals surface area contributed by atoms with Crippen LogP contribution in [-0.4, -0.2) is 44.0 Å². The van der Waals surface area contributed by atoms with Crippen LogP contribution in [0.3, 0.4) is 0 Å². The third kappa shape index (κ3) is 3.06. The summed E-state index contributed by atoms with van der Waals surface area (Å²) in [5.41, 5.74) is 2.61. The molecule has 0 atom stereocenters. The van der Waals surface area contributed by atoms with Gasteiger partial charge in [0.1, 0.15) is 0 Å². The predicted molar refractivity (Wildman–Crippen MR) is 42.5 cm³/mol. The van der Waals surface area contributed by atoms with Gasteiger partial charge in [0.15, 0.2) is 0 Å². The molecule has 0 bridgehead atoms. The van der Waals surface area contributed by atoms with Gasteiger partial charge in [0, 0.05) is 13.1 Å². The fourth-order valence-electron chi connectivity index (χ4n) is 0.968. The summed E-state index contributed by atoms with van der Waals surface area (Å²) >= 11 is 0. The van der Waals surface area contributed by atoms with Crippen molar-refractivity contribution in [3.8, 4) is 0 Å². The molecular formula is C7H14N2O3. The number of nitrogens with one attached hydrogen (secondary N) is 1. The van der Waals surface area contributed by atoms with E-state index in [1.54, 1.807) is 11.9 Å². The van der Waals surface area contributed by atoms with Crippen molar-refractivity contribution in [3.63, 3.8) is 0 Å². The van der Waals surface area contributed by atoms with Crippen LogP contribution in [0.2, 0.25) is 0 Å². The zero-order valence-electron chi connectivity index (χ0n) is 7.21. The van der Waals surface area contributed by atoms with Crippen molar-refractivity contribution in [1.29, 1.82) is 0 Å². The van der Waals surface area contributed by atoms with Crippen molar-refractivity contribution in [2.75, 3.05) is 32.9 Å².